The summed E-state index contributed by atoms with van der Waals surface area (Å²) in [7, 11) is 4.50. The van der Waals surface area contributed by atoms with Gasteiger partial charge >= 0.3 is 0 Å². The number of rotatable bonds is 5. The second-order valence-electron chi connectivity index (χ2n) is 4.86. The molecule has 0 spiro atoms. The van der Waals surface area contributed by atoms with Gasteiger partial charge in [-0.05, 0) is 58.9 Å². The lowest BCUT2D eigenvalue weighted by Crippen LogP contribution is -2.35. The molecule has 0 saturated carbocycles. The van der Waals surface area contributed by atoms with E-state index in [-0.39, 0.29) is 0 Å². The third kappa shape index (κ3) is 4.43. The van der Waals surface area contributed by atoms with E-state index >= 15 is 0 Å². The summed E-state index contributed by atoms with van der Waals surface area (Å²) in [4.78, 5) is 4.96. The van der Waals surface area contributed by atoms with Crippen LogP contribution in [0.25, 0.3) is 0 Å². The predicted octanol–water partition coefficient (Wildman–Crippen LogP) is 2.06. The van der Waals surface area contributed by atoms with Gasteiger partial charge in [-0.2, -0.15) is 0 Å². The Labute approximate surface area is 89.3 Å². The minimum absolute atomic E-state index is 0.952. The maximum absolute atomic E-state index is 2.51. The lowest BCUT2D eigenvalue weighted by molar-refractivity contribution is 0.175. The van der Waals surface area contributed by atoms with Crippen LogP contribution in [0.5, 0.6) is 0 Å². The number of hydrogen-bond acceptors (Lipinski definition) is 2. The average molecular weight is 198 g/mol. The zero-order valence-corrected chi connectivity index (χ0v) is 10.1. The van der Waals surface area contributed by atoms with Gasteiger partial charge < -0.3 is 9.80 Å². The largest absolute Gasteiger partial charge is 0.306 e. The standard InChI is InChI=1S/C12H26N2/c1-4-5-8-14(3)11-12-6-9-13(2)10-7-12/h12H,4-11H2,1-3H3. The van der Waals surface area contributed by atoms with Gasteiger partial charge in [-0.25, -0.2) is 0 Å². The molecular formula is C12H26N2. The summed E-state index contributed by atoms with van der Waals surface area (Å²) in [6, 6.07) is 0. The Morgan fingerprint density at radius 2 is 1.93 bits per heavy atom. The average Bonchev–Trinajstić information content (AvgIpc) is 2.18. The number of likely N-dealkylation sites (tertiary alicyclic amines) is 1. The van der Waals surface area contributed by atoms with Crippen molar-refractivity contribution < 1.29 is 0 Å². The molecule has 0 aromatic heterocycles. The highest BCUT2D eigenvalue weighted by molar-refractivity contribution is 4.72. The van der Waals surface area contributed by atoms with E-state index < -0.39 is 0 Å². The number of nitrogens with zero attached hydrogens (tertiary/aromatic N) is 2. The van der Waals surface area contributed by atoms with Crippen molar-refractivity contribution in [3.05, 3.63) is 0 Å². The summed E-state index contributed by atoms with van der Waals surface area (Å²) in [6.45, 7) is 7.46. The van der Waals surface area contributed by atoms with Crippen LogP contribution in [0.2, 0.25) is 0 Å². The first-order valence-corrected chi connectivity index (χ1v) is 6.09. The summed E-state index contributed by atoms with van der Waals surface area (Å²) in [5.41, 5.74) is 0. The minimum atomic E-state index is 0.952. The molecule has 84 valence electrons. The maximum Gasteiger partial charge on any atom is 0.000756 e. The molecule has 0 radical (unpaired) electrons. The van der Waals surface area contributed by atoms with Gasteiger partial charge in [0.1, 0.15) is 0 Å². The van der Waals surface area contributed by atoms with Gasteiger partial charge in [-0.3, -0.25) is 0 Å². The third-order valence-corrected chi connectivity index (χ3v) is 3.30. The summed E-state index contributed by atoms with van der Waals surface area (Å²) >= 11 is 0. The van der Waals surface area contributed by atoms with Crippen LogP contribution >= 0.6 is 0 Å². The van der Waals surface area contributed by atoms with Gasteiger partial charge in [-0.15, -0.1) is 0 Å². The van der Waals surface area contributed by atoms with Crippen molar-refractivity contribution >= 4 is 0 Å². The molecule has 1 rings (SSSR count). The molecule has 1 aliphatic rings. The zero-order valence-electron chi connectivity index (χ0n) is 10.1. The predicted molar refractivity (Wildman–Crippen MR) is 62.6 cm³/mol. The highest BCUT2D eigenvalue weighted by Gasteiger charge is 2.17. The van der Waals surface area contributed by atoms with Gasteiger partial charge in [0.05, 0.1) is 0 Å². The first-order valence-electron chi connectivity index (χ1n) is 6.09. The van der Waals surface area contributed by atoms with E-state index in [2.05, 4.69) is 30.8 Å². The lowest BCUT2D eigenvalue weighted by atomic mass is 9.96. The second kappa shape index (κ2) is 6.41. The van der Waals surface area contributed by atoms with Gasteiger partial charge in [0.2, 0.25) is 0 Å². The summed E-state index contributed by atoms with van der Waals surface area (Å²) in [5.74, 6) is 0.952. The van der Waals surface area contributed by atoms with Crippen LogP contribution in [-0.2, 0) is 0 Å². The smallest absolute Gasteiger partial charge is 0.000756 e. The fourth-order valence-electron chi connectivity index (χ4n) is 2.20. The monoisotopic (exact) mass is 198 g/mol. The van der Waals surface area contributed by atoms with Crippen molar-refractivity contribution in [3.8, 4) is 0 Å². The molecule has 0 N–H and O–H groups in total. The van der Waals surface area contributed by atoms with E-state index in [9.17, 15) is 0 Å². The minimum Gasteiger partial charge on any atom is -0.306 e. The molecule has 0 aliphatic carbocycles. The van der Waals surface area contributed by atoms with E-state index in [1.54, 1.807) is 0 Å². The van der Waals surface area contributed by atoms with Crippen LogP contribution in [0, 0.1) is 5.92 Å². The first-order chi connectivity index (χ1) is 6.72. The van der Waals surface area contributed by atoms with Gasteiger partial charge in [0, 0.05) is 6.54 Å². The second-order valence-corrected chi connectivity index (χ2v) is 4.86. The Morgan fingerprint density at radius 1 is 1.29 bits per heavy atom. The van der Waals surface area contributed by atoms with E-state index in [1.807, 2.05) is 0 Å². The Balaban J connectivity index is 2.10. The summed E-state index contributed by atoms with van der Waals surface area (Å²) < 4.78 is 0. The van der Waals surface area contributed by atoms with Gasteiger partial charge in [-0.1, -0.05) is 13.3 Å². The topological polar surface area (TPSA) is 6.48 Å². The molecule has 2 heteroatoms. The molecule has 2 nitrogen and oxygen atoms in total. The normalized spacial score (nSPS) is 20.6. The van der Waals surface area contributed by atoms with E-state index in [0.717, 1.165) is 5.92 Å². The van der Waals surface area contributed by atoms with E-state index in [4.69, 9.17) is 0 Å². The molecule has 1 saturated heterocycles. The van der Waals surface area contributed by atoms with Crippen molar-refractivity contribution in [2.45, 2.75) is 32.6 Å². The van der Waals surface area contributed by atoms with Crippen molar-refractivity contribution in [1.29, 1.82) is 0 Å². The third-order valence-electron chi connectivity index (χ3n) is 3.30. The van der Waals surface area contributed by atoms with Crippen molar-refractivity contribution in [2.24, 2.45) is 5.92 Å². The maximum atomic E-state index is 2.51. The molecule has 1 aliphatic heterocycles. The molecule has 1 heterocycles. The SMILES string of the molecule is CCCCN(C)CC1CCN(C)CC1. The van der Waals surface area contributed by atoms with E-state index in [1.165, 1.54) is 51.9 Å². The Morgan fingerprint density at radius 3 is 2.50 bits per heavy atom. The van der Waals surface area contributed by atoms with Crippen molar-refractivity contribution in [3.63, 3.8) is 0 Å². The van der Waals surface area contributed by atoms with Crippen LogP contribution in [0.4, 0.5) is 0 Å². The quantitative estimate of drug-likeness (QED) is 0.667. The summed E-state index contributed by atoms with van der Waals surface area (Å²) in [5, 5.41) is 0. The van der Waals surface area contributed by atoms with Crippen molar-refractivity contribution in [1.82, 2.24) is 9.80 Å². The molecule has 0 aromatic rings. The number of hydrogen-bond donors (Lipinski definition) is 0. The van der Waals surface area contributed by atoms with Crippen LogP contribution in [0.3, 0.4) is 0 Å². The molecule has 0 aromatic carbocycles. The highest BCUT2D eigenvalue weighted by Crippen LogP contribution is 2.16. The fraction of sp³-hybridized carbons (Fsp3) is 1.00. The molecular weight excluding hydrogens is 172 g/mol. The van der Waals surface area contributed by atoms with Gasteiger partial charge in [0.15, 0.2) is 0 Å². The Hall–Kier alpha value is -0.0800. The fourth-order valence-corrected chi connectivity index (χ4v) is 2.20. The summed E-state index contributed by atoms with van der Waals surface area (Å²) in [6.07, 6.45) is 5.46. The molecule has 14 heavy (non-hydrogen) atoms. The first kappa shape index (κ1) is 12.0. The molecule has 0 atom stereocenters. The number of piperidine rings is 1. The van der Waals surface area contributed by atoms with Gasteiger partial charge in [0.25, 0.3) is 0 Å². The van der Waals surface area contributed by atoms with Crippen LogP contribution in [0.1, 0.15) is 32.6 Å². The number of unbranched alkanes of at least 4 members (excludes halogenated alkanes) is 1. The lowest BCUT2D eigenvalue weighted by Gasteiger charge is -2.31. The van der Waals surface area contributed by atoms with Crippen molar-refractivity contribution in [2.75, 3.05) is 40.3 Å². The Bertz CT molecular complexity index is 139. The van der Waals surface area contributed by atoms with Crippen LogP contribution in [-0.4, -0.2) is 50.1 Å². The molecule has 1 fully saturated rings. The van der Waals surface area contributed by atoms with E-state index in [0.29, 0.717) is 0 Å². The molecule has 0 unspecified atom stereocenters. The highest BCUT2D eigenvalue weighted by atomic mass is 15.1. The zero-order chi connectivity index (χ0) is 10.4. The molecule has 0 bridgehead atoms. The Kier molecular flexibility index (Phi) is 5.49. The van der Waals surface area contributed by atoms with Crippen LogP contribution < -0.4 is 0 Å². The molecule has 0 amide bonds. The van der Waals surface area contributed by atoms with Crippen LogP contribution in [0.15, 0.2) is 0 Å².